The smallest absolute Gasteiger partial charge is 0.253 e. The van der Waals surface area contributed by atoms with Crippen LogP contribution >= 0.6 is 0 Å². The van der Waals surface area contributed by atoms with Crippen LogP contribution in [0.2, 0.25) is 0 Å². The van der Waals surface area contributed by atoms with Gasteiger partial charge >= 0.3 is 0 Å². The number of amides is 2. The molecule has 1 saturated carbocycles. The van der Waals surface area contributed by atoms with Crippen molar-refractivity contribution in [3.63, 3.8) is 0 Å². The Bertz CT molecular complexity index is 833. The molecule has 1 aliphatic heterocycles. The Labute approximate surface area is 179 Å². The van der Waals surface area contributed by atoms with E-state index in [4.69, 9.17) is 0 Å². The van der Waals surface area contributed by atoms with Gasteiger partial charge in [0, 0.05) is 38.2 Å². The third kappa shape index (κ3) is 5.10. The zero-order valence-corrected chi connectivity index (χ0v) is 17.8. The van der Waals surface area contributed by atoms with Gasteiger partial charge in [-0.3, -0.25) is 9.59 Å². The Hall–Kier alpha value is -2.62. The van der Waals surface area contributed by atoms with Crippen molar-refractivity contribution < 1.29 is 9.59 Å². The van der Waals surface area contributed by atoms with Crippen LogP contribution in [-0.2, 0) is 4.79 Å². The Kier molecular flexibility index (Phi) is 6.83. The van der Waals surface area contributed by atoms with Crippen LogP contribution in [0.25, 0.3) is 11.1 Å². The summed E-state index contributed by atoms with van der Waals surface area (Å²) in [5.41, 5.74) is 2.98. The van der Waals surface area contributed by atoms with E-state index in [1.807, 2.05) is 52.3 Å². The maximum atomic E-state index is 12.9. The van der Waals surface area contributed by atoms with E-state index in [1.165, 1.54) is 32.1 Å². The van der Waals surface area contributed by atoms with Gasteiger partial charge in [-0.25, -0.2) is 0 Å². The molecule has 4 nitrogen and oxygen atoms in total. The summed E-state index contributed by atoms with van der Waals surface area (Å²) in [7, 11) is 0. The molecule has 2 aromatic rings. The summed E-state index contributed by atoms with van der Waals surface area (Å²) in [4.78, 5) is 29.3. The fourth-order valence-electron chi connectivity index (χ4n) is 4.74. The van der Waals surface area contributed by atoms with Crippen LogP contribution in [0.5, 0.6) is 0 Å². The minimum Gasteiger partial charge on any atom is -0.339 e. The maximum Gasteiger partial charge on any atom is 0.253 e. The van der Waals surface area contributed by atoms with Gasteiger partial charge in [0.05, 0.1) is 0 Å². The van der Waals surface area contributed by atoms with E-state index in [9.17, 15) is 9.59 Å². The predicted molar refractivity (Wildman–Crippen MR) is 120 cm³/mol. The highest BCUT2D eigenvalue weighted by molar-refractivity contribution is 5.95. The second kappa shape index (κ2) is 9.92. The van der Waals surface area contributed by atoms with Crippen molar-refractivity contribution in [2.45, 2.75) is 44.9 Å². The molecule has 4 rings (SSSR count). The number of rotatable bonds is 5. The molecule has 0 spiro atoms. The SMILES string of the molecule is O=C(CCC1CCCCC1)N1CCN(C(=O)c2ccc(-c3ccccc3)cc2)CC1. The second-order valence-electron chi connectivity index (χ2n) is 8.66. The van der Waals surface area contributed by atoms with E-state index < -0.39 is 0 Å². The molecule has 4 heteroatoms. The number of nitrogens with zero attached hydrogens (tertiary/aromatic N) is 2. The third-order valence-corrected chi connectivity index (χ3v) is 6.65. The van der Waals surface area contributed by atoms with Crippen LogP contribution < -0.4 is 0 Å². The number of hydrogen-bond acceptors (Lipinski definition) is 2. The molecule has 0 unspecified atom stereocenters. The minimum absolute atomic E-state index is 0.0592. The summed E-state index contributed by atoms with van der Waals surface area (Å²) in [6.45, 7) is 2.54. The zero-order valence-electron chi connectivity index (χ0n) is 17.8. The van der Waals surface area contributed by atoms with Gasteiger partial charge in [0.1, 0.15) is 0 Å². The first kappa shape index (κ1) is 20.6. The summed E-state index contributed by atoms with van der Waals surface area (Å²) in [5.74, 6) is 1.06. The lowest BCUT2D eigenvalue weighted by molar-refractivity contribution is -0.133. The van der Waals surface area contributed by atoms with E-state index in [1.54, 1.807) is 0 Å². The monoisotopic (exact) mass is 404 g/mol. The highest BCUT2D eigenvalue weighted by Crippen LogP contribution is 2.27. The van der Waals surface area contributed by atoms with Crippen LogP contribution in [0.15, 0.2) is 54.6 Å². The van der Waals surface area contributed by atoms with Crippen LogP contribution in [0.4, 0.5) is 0 Å². The lowest BCUT2D eigenvalue weighted by Crippen LogP contribution is -2.50. The van der Waals surface area contributed by atoms with E-state index in [0.717, 1.165) is 23.5 Å². The lowest BCUT2D eigenvalue weighted by atomic mass is 9.86. The molecular weight excluding hydrogens is 372 g/mol. The molecule has 0 N–H and O–H groups in total. The molecule has 0 bridgehead atoms. The van der Waals surface area contributed by atoms with E-state index in [-0.39, 0.29) is 11.8 Å². The fourth-order valence-corrected chi connectivity index (χ4v) is 4.74. The number of piperazine rings is 1. The summed E-state index contributed by atoms with van der Waals surface area (Å²) in [6.07, 6.45) is 8.29. The van der Waals surface area contributed by atoms with Crippen molar-refractivity contribution in [1.82, 2.24) is 9.80 Å². The molecule has 0 radical (unpaired) electrons. The molecule has 2 aromatic carbocycles. The van der Waals surface area contributed by atoms with Gasteiger partial charge in [0.25, 0.3) is 5.91 Å². The molecule has 1 saturated heterocycles. The standard InChI is InChI=1S/C26H32N2O2/c29-25(16-11-21-7-3-1-4-8-21)27-17-19-28(20-18-27)26(30)24-14-12-23(13-15-24)22-9-5-2-6-10-22/h2,5-6,9-10,12-15,21H,1,3-4,7-8,11,16-20H2. The first-order valence-electron chi connectivity index (χ1n) is 11.4. The topological polar surface area (TPSA) is 40.6 Å². The average molecular weight is 405 g/mol. The zero-order chi connectivity index (χ0) is 20.8. The summed E-state index contributed by atoms with van der Waals surface area (Å²) >= 11 is 0. The minimum atomic E-state index is 0.0592. The normalized spacial score (nSPS) is 17.7. The Morgan fingerprint density at radius 3 is 2.00 bits per heavy atom. The number of benzene rings is 2. The summed E-state index contributed by atoms with van der Waals surface area (Å²) in [5, 5.41) is 0. The molecular formula is C26H32N2O2. The van der Waals surface area contributed by atoms with E-state index in [2.05, 4.69) is 12.1 Å². The van der Waals surface area contributed by atoms with Crippen LogP contribution in [-0.4, -0.2) is 47.8 Å². The second-order valence-corrected chi connectivity index (χ2v) is 8.66. The van der Waals surface area contributed by atoms with Gasteiger partial charge in [-0.1, -0.05) is 74.6 Å². The lowest BCUT2D eigenvalue weighted by Gasteiger charge is -2.35. The average Bonchev–Trinajstić information content (AvgIpc) is 2.83. The maximum absolute atomic E-state index is 12.9. The molecule has 30 heavy (non-hydrogen) atoms. The third-order valence-electron chi connectivity index (χ3n) is 6.65. The fraction of sp³-hybridized carbons (Fsp3) is 0.462. The first-order chi connectivity index (χ1) is 14.7. The molecule has 1 aliphatic carbocycles. The number of carbonyl (C=O) groups is 2. The van der Waals surface area contributed by atoms with E-state index >= 15 is 0 Å². The van der Waals surface area contributed by atoms with Gasteiger partial charge in [-0.2, -0.15) is 0 Å². The van der Waals surface area contributed by atoms with Crippen molar-refractivity contribution in [2.75, 3.05) is 26.2 Å². The quantitative estimate of drug-likeness (QED) is 0.704. The van der Waals surface area contributed by atoms with E-state index in [0.29, 0.717) is 38.2 Å². The van der Waals surface area contributed by atoms with Gasteiger partial charge < -0.3 is 9.80 Å². The van der Waals surface area contributed by atoms with Gasteiger partial charge in [-0.15, -0.1) is 0 Å². The van der Waals surface area contributed by atoms with Gasteiger partial charge in [-0.05, 0) is 35.6 Å². The number of carbonyl (C=O) groups excluding carboxylic acids is 2. The Balaban J connectivity index is 1.26. The molecule has 1 heterocycles. The summed E-state index contributed by atoms with van der Waals surface area (Å²) < 4.78 is 0. The highest BCUT2D eigenvalue weighted by Gasteiger charge is 2.25. The number of hydrogen-bond donors (Lipinski definition) is 0. The largest absolute Gasteiger partial charge is 0.339 e. The van der Waals surface area contributed by atoms with Crippen molar-refractivity contribution >= 4 is 11.8 Å². The van der Waals surface area contributed by atoms with Crippen molar-refractivity contribution in [1.29, 1.82) is 0 Å². The molecule has 158 valence electrons. The van der Waals surface area contributed by atoms with Crippen molar-refractivity contribution in [2.24, 2.45) is 5.92 Å². The molecule has 0 aromatic heterocycles. The van der Waals surface area contributed by atoms with Crippen LogP contribution in [0.1, 0.15) is 55.3 Å². The van der Waals surface area contributed by atoms with Crippen LogP contribution in [0.3, 0.4) is 0 Å². The molecule has 2 fully saturated rings. The Morgan fingerprint density at radius 1 is 0.733 bits per heavy atom. The predicted octanol–water partition coefficient (Wildman–Crippen LogP) is 5.00. The van der Waals surface area contributed by atoms with Crippen LogP contribution in [0, 0.1) is 5.92 Å². The van der Waals surface area contributed by atoms with Crippen molar-refractivity contribution in [3.8, 4) is 11.1 Å². The van der Waals surface area contributed by atoms with Crippen molar-refractivity contribution in [3.05, 3.63) is 60.2 Å². The molecule has 2 aliphatic rings. The highest BCUT2D eigenvalue weighted by atomic mass is 16.2. The molecule has 2 amide bonds. The summed E-state index contributed by atoms with van der Waals surface area (Å²) in [6, 6.07) is 18.0. The molecule has 0 atom stereocenters. The van der Waals surface area contributed by atoms with Gasteiger partial charge in [0.2, 0.25) is 5.91 Å². The van der Waals surface area contributed by atoms with Gasteiger partial charge in [0.15, 0.2) is 0 Å². The first-order valence-corrected chi connectivity index (χ1v) is 11.4. The Morgan fingerprint density at radius 2 is 1.33 bits per heavy atom.